The van der Waals surface area contributed by atoms with Crippen molar-refractivity contribution in [2.45, 2.75) is 26.7 Å². The first-order chi connectivity index (χ1) is 7.24. The van der Waals surface area contributed by atoms with Crippen LogP contribution in [0.25, 0.3) is 0 Å². The van der Waals surface area contributed by atoms with Crippen LogP contribution in [0.3, 0.4) is 0 Å². The molecular weight excluding hydrogens is 188 g/mol. The summed E-state index contributed by atoms with van der Waals surface area (Å²) in [4.78, 5) is 4.20. The summed E-state index contributed by atoms with van der Waals surface area (Å²) in [5.41, 5.74) is 1.32. The first kappa shape index (κ1) is 12.4. The van der Waals surface area contributed by atoms with E-state index in [-0.39, 0.29) is 0 Å². The van der Waals surface area contributed by atoms with Crippen LogP contribution in [0.5, 0.6) is 0 Å². The lowest BCUT2D eigenvalue weighted by molar-refractivity contribution is 0.248. The fourth-order valence-corrected chi connectivity index (χ4v) is 1.52. The molecule has 0 unspecified atom stereocenters. The molecule has 3 nitrogen and oxygen atoms in total. The highest BCUT2D eigenvalue weighted by molar-refractivity contribution is 6.01. The van der Waals surface area contributed by atoms with E-state index in [2.05, 4.69) is 16.4 Å². The van der Waals surface area contributed by atoms with Crippen LogP contribution in [0.4, 0.5) is 0 Å². The lowest BCUT2D eigenvalue weighted by Gasteiger charge is -2.24. The second kappa shape index (κ2) is 6.75. The van der Waals surface area contributed by atoms with E-state index >= 15 is 0 Å². The topological polar surface area (TPSA) is 44.6 Å². The van der Waals surface area contributed by atoms with Crippen LogP contribution in [0, 0.1) is 11.8 Å². The van der Waals surface area contributed by atoms with Gasteiger partial charge >= 0.3 is 0 Å². The van der Waals surface area contributed by atoms with Crippen molar-refractivity contribution in [1.82, 2.24) is 5.32 Å². The van der Waals surface area contributed by atoms with Crippen LogP contribution in [-0.4, -0.2) is 30.5 Å². The molecule has 0 bridgehead atoms. The lowest BCUT2D eigenvalue weighted by atomic mass is 9.91. The first-order valence-electron chi connectivity index (χ1n) is 5.80. The minimum absolute atomic E-state index is 0.306. The SMILES string of the molecule is C1=CC(C2CCNCC2)=N1.CC(C)CO. The number of hydrogen-bond acceptors (Lipinski definition) is 3. The Kier molecular flexibility index (Phi) is 5.58. The number of hydrogen-bond donors (Lipinski definition) is 2. The van der Waals surface area contributed by atoms with Gasteiger partial charge in [0.05, 0.1) is 0 Å². The number of rotatable bonds is 2. The van der Waals surface area contributed by atoms with Gasteiger partial charge in [-0.3, -0.25) is 4.99 Å². The van der Waals surface area contributed by atoms with Gasteiger partial charge in [-0.1, -0.05) is 13.8 Å². The van der Waals surface area contributed by atoms with E-state index in [9.17, 15) is 0 Å². The van der Waals surface area contributed by atoms with Gasteiger partial charge < -0.3 is 10.4 Å². The van der Waals surface area contributed by atoms with Gasteiger partial charge in [0, 0.05) is 24.4 Å². The highest BCUT2D eigenvalue weighted by Crippen LogP contribution is 2.17. The van der Waals surface area contributed by atoms with Crippen LogP contribution in [-0.2, 0) is 0 Å². The van der Waals surface area contributed by atoms with Gasteiger partial charge in [-0.25, -0.2) is 0 Å². The third-order valence-corrected chi connectivity index (χ3v) is 2.59. The Morgan fingerprint density at radius 1 is 1.47 bits per heavy atom. The van der Waals surface area contributed by atoms with Crippen molar-refractivity contribution in [3.05, 3.63) is 12.3 Å². The molecule has 2 rings (SSSR count). The van der Waals surface area contributed by atoms with Crippen molar-refractivity contribution in [1.29, 1.82) is 0 Å². The van der Waals surface area contributed by atoms with Gasteiger partial charge in [0.15, 0.2) is 0 Å². The molecule has 0 spiro atoms. The number of piperidine rings is 1. The molecule has 86 valence electrons. The van der Waals surface area contributed by atoms with Gasteiger partial charge in [-0.2, -0.15) is 0 Å². The summed E-state index contributed by atoms with van der Waals surface area (Å²) in [5, 5.41) is 11.5. The zero-order valence-electron chi connectivity index (χ0n) is 9.74. The summed E-state index contributed by atoms with van der Waals surface area (Å²) in [7, 11) is 0. The van der Waals surface area contributed by atoms with E-state index in [1.54, 1.807) is 0 Å². The Balaban J connectivity index is 0.000000195. The number of nitrogens with one attached hydrogen (secondary N) is 1. The third kappa shape index (κ3) is 4.58. The van der Waals surface area contributed by atoms with Crippen LogP contribution in [0.2, 0.25) is 0 Å². The Morgan fingerprint density at radius 2 is 2.00 bits per heavy atom. The summed E-state index contributed by atoms with van der Waals surface area (Å²) in [6.45, 7) is 6.58. The highest BCUT2D eigenvalue weighted by atomic mass is 16.3. The van der Waals surface area contributed by atoms with Crippen LogP contribution >= 0.6 is 0 Å². The molecule has 2 aliphatic rings. The number of nitrogens with zero attached hydrogens (tertiary/aromatic N) is 1. The predicted molar refractivity (Wildman–Crippen MR) is 64.1 cm³/mol. The van der Waals surface area contributed by atoms with Crippen molar-refractivity contribution < 1.29 is 5.11 Å². The average molecular weight is 210 g/mol. The molecule has 2 heterocycles. The molecule has 0 aromatic rings. The van der Waals surface area contributed by atoms with Crippen molar-refractivity contribution >= 4 is 5.71 Å². The van der Waals surface area contributed by atoms with E-state index in [1.807, 2.05) is 20.0 Å². The Morgan fingerprint density at radius 3 is 2.33 bits per heavy atom. The van der Waals surface area contributed by atoms with E-state index < -0.39 is 0 Å². The van der Waals surface area contributed by atoms with Gasteiger partial charge in [-0.15, -0.1) is 0 Å². The molecule has 0 aromatic heterocycles. The Hall–Kier alpha value is -0.670. The third-order valence-electron chi connectivity index (χ3n) is 2.59. The number of aliphatic hydroxyl groups excluding tert-OH is 1. The van der Waals surface area contributed by atoms with E-state index in [4.69, 9.17) is 5.11 Å². The molecule has 2 N–H and O–H groups in total. The first-order valence-corrected chi connectivity index (χ1v) is 5.80. The average Bonchev–Trinajstić information content (AvgIpc) is 2.18. The van der Waals surface area contributed by atoms with Gasteiger partial charge in [0.1, 0.15) is 0 Å². The molecule has 0 aliphatic carbocycles. The molecule has 3 heteroatoms. The van der Waals surface area contributed by atoms with Crippen LogP contribution < -0.4 is 5.32 Å². The van der Waals surface area contributed by atoms with Gasteiger partial charge in [-0.05, 0) is 37.9 Å². The predicted octanol–water partition coefficient (Wildman–Crippen LogP) is 1.59. The number of aliphatic imine (C=N–C) groups is 1. The summed E-state index contributed by atoms with van der Waals surface area (Å²) in [5.74, 6) is 1.20. The number of aliphatic hydroxyl groups is 1. The van der Waals surface area contributed by atoms with Crippen molar-refractivity contribution in [2.75, 3.05) is 19.7 Å². The maximum atomic E-state index is 8.14. The fraction of sp³-hybridized carbons (Fsp3) is 0.750. The maximum absolute atomic E-state index is 8.14. The van der Waals surface area contributed by atoms with Crippen molar-refractivity contribution in [3.8, 4) is 0 Å². The quantitative estimate of drug-likeness (QED) is 0.727. The zero-order chi connectivity index (χ0) is 11.1. The molecule has 0 radical (unpaired) electrons. The van der Waals surface area contributed by atoms with Gasteiger partial charge in [0.2, 0.25) is 0 Å². The largest absolute Gasteiger partial charge is 0.396 e. The molecule has 1 fully saturated rings. The molecular formula is C12H22N2O. The van der Waals surface area contributed by atoms with Crippen molar-refractivity contribution in [3.63, 3.8) is 0 Å². The summed E-state index contributed by atoms with van der Waals surface area (Å²) in [6, 6.07) is 0. The van der Waals surface area contributed by atoms with Crippen LogP contribution in [0.1, 0.15) is 26.7 Å². The van der Waals surface area contributed by atoms with E-state index in [0.29, 0.717) is 12.5 Å². The molecule has 2 aliphatic heterocycles. The highest BCUT2D eigenvalue weighted by Gasteiger charge is 2.18. The smallest absolute Gasteiger partial charge is 0.0453 e. The molecule has 0 amide bonds. The maximum Gasteiger partial charge on any atom is 0.0453 e. The fourth-order valence-electron chi connectivity index (χ4n) is 1.52. The minimum atomic E-state index is 0.306. The second-order valence-corrected chi connectivity index (χ2v) is 4.47. The Labute approximate surface area is 92.3 Å². The molecule has 0 saturated carbocycles. The standard InChI is InChI=1S/C8H12N2.C4H10O/c1-4-9-5-2-7(1)8-3-6-10-8;1-4(2)3-5/h3,6-7,9H,1-2,4-5H2;4-5H,3H2,1-2H3. The number of allylic oxidation sites excluding steroid dienone is 1. The van der Waals surface area contributed by atoms with Crippen molar-refractivity contribution in [2.24, 2.45) is 16.8 Å². The molecule has 15 heavy (non-hydrogen) atoms. The monoisotopic (exact) mass is 210 g/mol. The molecule has 0 aromatic carbocycles. The lowest BCUT2D eigenvalue weighted by Crippen LogP contribution is -2.32. The summed E-state index contributed by atoms with van der Waals surface area (Å²) < 4.78 is 0. The molecule has 0 atom stereocenters. The summed E-state index contributed by atoms with van der Waals surface area (Å²) >= 11 is 0. The normalized spacial score (nSPS) is 20.4. The summed E-state index contributed by atoms with van der Waals surface area (Å²) in [6.07, 6.45) is 6.56. The van der Waals surface area contributed by atoms with E-state index in [1.165, 1.54) is 18.6 Å². The second-order valence-electron chi connectivity index (χ2n) is 4.47. The van der Waals surface area contributed by atoms with Gasteiger partial charge in [0.25, 0.3) is 0 Å². The Bertz CT molecular complexity index is 228. The van der Waals surface area contributed by atoms with E-state index in [0.717, 1.165) is 19.0 Å². The van der Waals surface area contributed by atoms with Crippen LogP contribution in [0.15, 0.2) is 17.3 Å². The zero-order valence-corrected chi connectivity index (χ0v) is 9.74. The minimum Gasteiger partial charge on any atom is -0.396 e. The molecule has 1 saturated heterocycles.